The van der Waals surface area contributed by atoms with Crippen LogP contribution in [0.4, 0.5) is 0 Å². The van der Waals surface area contributed by atoms with Crippen molar-refractivity contribution in [2.24, 2.45) is 0 Å². The SMILES string of the molecule is Cc1cc(C)cc(OCc2c(C(=O)NC(C)c3cccc(-n4cccc4)c3)noc2C)c1. The molecule has 1 unspecified atom stereocenters. The van der Waals surface area contributed by atoms with E-state index in [0.29, 0.717) is 11.3 Å². The molecule has 0 aliphatic carbocycles. The van der Waals surface area contributed by atoms with Gasteiger partial charge in [0.25, 0.3) is 5.91 Å². The van der Waals surface area contributed by atoms with Crippen molar-refractivity contribution in [3.63, 3.8) is 0 Å². The summed E-state index contributed by atoms with van der Waals surface area (Å²) in [5, 5.41) is 7.03. The Hall–Kier alpha value is -3.80. The smallest absolute Gasteiger partial charge is 0.274 e. The number of hydrogen-bond donors (Lipinski definition) is 1. The van der Waals surface area contributed by atoms with Gasteiger partial charge < -0.3 is 19.1 Å². The third-order valence-corrected chi connectivity index (χ3v) is 5.40. The van der Waals surface area contributed by atoms with E-state index in [1.54, 1.807) is 6.92 Å². The lowest BCUT2D eigenvalue weighted by atomic mass is 10.1. The zero-order valence-electron chi connectivity index (χ0n) is 18.8. The fourth-order valence-corrected chi connectivity index (χ4v) is 3.72. The third-order valence-electron chi connectivity index (χ3n) is 5.40. The van der Waals surface area contributed by atoms with Crippen molar-refractivity contribution in [1.29, 1.82) is 0 Å². The molecule has 4 rings (SSSR count). The van der Waals surface area contributed by atoms with Crippen molar-refractivity contribution in [3.8, 4) is 11.4 Å². The van der Waals surface area contributed by atoms with E-state index in [2.05, 4.69) is 22.6 Å². The van der Waals surface area contributed by atoms with Crippen LogP contribution in [0.3, 0.4) is 0 Å². The standard InChI is InChI=1S/C26H27N3O3/c1-17-12-18(2)14-23(13-17)31-16-24-20(4)32-28-25(24)26(30)27-19(3)21-8-7-9-22(15-21)29-10-5-6-11-29/h5-15,19H,16H2,1-4H3,(H,27,30). The van der Waals surface area contributed by atoms with Gasteiger partial charge in [0, 0.05) is 18.1 Å². The Bertz CT molecular complexity index is 1200. The van der Waals surface area contributed by atoms with Gasteiger partial charge in [0.1, 0.15) is 18.1 Å². The number of benzene rings is 2. The summed E-state index contributed by atoms with van der Waals surface area (Å²) in [6.07, 6.45) is 3.98. The maximum absolute atomic E-state index is 13.0. The number of aromatic nitrogens is 2. The maximum atomic E-state index is 13.0. The van der Waals surface area contributed by atoms with E-state index in [-0.39, 0.29) is 24.2 Å². The molecule has 0 radical (unpaired) electrons. The zero-order valence-corrected chi connectivity index (χ0v) is 18.8. The summed E-state index contributed by atoms with van der Waals surface area (Å²) in [6.45, 7) is 7.99. The van der Waals surface area contributed by atoms with Crippen LogP contribution in [-0.2, 0) is 6.61 Å². The lowest BCUT2D eigenvalue weighted by Crippen LogP contribution is -2.28. The first-order valence-electron chi connectivity index (χ1n) is 10.6. The van der Waals surface area contributed by atoms with Crippen molar-refractivity contribution in [2.75, 3.05) is 0 Å². The van der Waals surface area contributed by atoms with Gasteiger partial charge in [0.2, 0.25) is 0 Å². The zero-order chi connectivity index (χ0) is 22.7. The highest BCUT2D eigenvalue weighted by Gasteiger charge is 2.22. The molecule has 32 heavy (non-hydrogen) atoms. The number of amides is 1. The van der Waals surface area contributed by atoms with Crippen LogP contribution < -0.4 is 10.1 Å². The molecular formula is C26H27N3O3. The second-order valence-corrected chi connectivity index (χ2v) is 8.06. The number of ether oxygens (including phenoxy) is 1. The van der Waals surface area contributed by atoms with Gasteiger partial charge >= 0.3 is 0 Å². The molecule has 0 aliphatic rings. The van der Waals surface area contributed by atoms with Gasteiger partial charge in [0.15, 0.2) is 5.69 Å². The first-order valence-corrected chi connectivity index (χ1v) is 10.6. The Morgan fingerprint density at radius 3 is 2.50 bits per heavy atom. The normalized spacial score (nSPS) is 11.9. The highest BCUT2D eigenvalue weighted by atomic mass is 16.5. The third kappa shape index (κ3) is 4.75. The highest BCUT2D eigenvalue weighted by molar-refractivity contribution is 5.94. The minimum Gasteiger partial charge on any atom is -0.489 e. The number of nitrogens with zero attached hydrogens (tertiary/aromatic N) is 2. The van der Waals surface area contributed by atoms with Gasteiger partial charge in [-0.1, -0.05) is 23.4 Å². The highest BCUT2D eigenvalue weighted by Crippen LogP contribution is 2.22. The molecule has 1 N–H and O–H groups in total. The average Bonchev–Trinajstić information content (AvgIpc) is 3.42. The van der Waals surface area contributed by atoms with Gasteiger partial charge in [-0.25, -0.2) is 0 Å². The van der Waals surface area contributed by atoms with E-state index >= 15 is 0 Å². The molecule has 1 amide bonds. The van der Waals surface area contributed by atoms with Gasteiger partial charge in [-0.3, -0.25) is 4.79 Å². The van der Waals surface area contributed by atoms with E-state index < -0.39 is 0 Å². The number of rotatable bonds is 7. The Kier molecular flexibility index (Phi) is 6.12. The monoisotopic (exact) mass is 429 g/mol. The van der Waals surface area contributed by atoms with Crippen LogP contribution in [0.5, 0.6) is 5.75 Å². The molecule has 6 heteroatoms. The fraction of sp³-hybridized carbons (Fsp3) is 0.231. The van der Waals surface area contributed by atoms with Gasteiger partial charge in [-0.15, -0.1) is 0 Å². The fourth-order valence-electron chi connectivity index (χ4n) is 3.72. The van der Waals surface area contributed by atoms with Crippen LogP contribution in [-0.4, -0.2) is 15.6 Å². The quantitative estimate of drug-likeness (QED) is 0.423. The molecule has 6 nitrogen and oxygen atoms in total. The second kappa shape index (κ2) is 9.14. The summed E-state index contributed by atoms with van der Waals surface area (Å²) in [5.41, 5.74) is 5.17. The molecule has 0 spiro atoms. The van der Waals surface area contributed by atoms with E-state index in [4.69, 9.17) is 9.26 Å². The summed E-state index contributed by atoms with van der Waals surface area (Å²) >= 11 is 0. The van der Waals surface area contributed by atoms with Crippen molar-refractivity contribution >= 4 is 5.91 Å². The molecule has 2 heterocycles. The molecule has 0 bridgehead atoms. The Balaban J connectivity index is 1.47. The summed E-state index contributed by atoms with van der Waals surface area (Å²) in [6, 6.07) is 17.8. The van der Waals surface area contributed by atoms with Gasteiger partial charge in [-0.2, -0.15) is 0 Å². The minimum absolute atomic E-state index is 0.205. The van der Waals surface area contributed by atoms with Gasteiger partial charge in [0.05, 0.1) is 11.6 Å². The van der Waals surface area contributed by atoms with Crippen molar-refractivity contribution in [2.45, 2.75) is 40.3 Å². The van der Waals surface area contributed by atoms with Crippen molar-refractivity contribution < 1.29 is 14.1 Å². The van der Waals surface area contributed by atoms with E-state index in [0.717, 1.165) is 28.1 Å². The van der Waals surface area contributed by atoms with Crippen LogP contribution in [0.15, 0.2) is 71.5 Å². The Labute approximate surface area is 187 Å². The van der Waals surface area contributed by atoms with Crippen LogP contribution in [0.2, 0.25) is 0 Å². The average molecular weight is 430 g/mol. The van der Waals surface area contributed by atoms with Crippen LogP contribution in [0.25, 0.3) is 5.69 Å². The molecular weight excluding hydrogens is 402 g/mol. The molecule has 0 saturated heterocycles. The molecule has 1 atom stereocenters. The first kappa shape index (κ1) is 21.4. The molecule has 2 aromatic carbocycles. The van der Waals surface area contributed by atoms with E-state index in [9.17, 15) is 4.79 Å². The van der Waals surface area contributed by atoms with Gasteiger partial charge in [-0.05, 0) is 80.8 Å². The summed E-state index contributed by atoms with van der Waals surface area (Å²) < 4.78 is 13.3. The molecule has 0 fully saturated rings. The summed E-state index contributed by atoms with van der Waals surface area (Å²) in [4.78, 5) is 13.0. The van der Waals surface area contributed by atoms with Crippen LogP contribution in [0, 0.1) is 20.8 Å². The van der Waals surface area contributed by atoms with Crippen LogP contribution >= 0.6 is 0 Å². The largest absolute Gasteiger partial charge is 0.489 e. The molecule has 2 aromatic heterocycles. The number of carbonyl (C=O) groups is 1. The lowest BCUT2D eigenvalue weighted by molar-refractivity contribution is 0.0928. The van der Waals surface area contributed by atoms with Crippen molar-refractivity contribution in [3.05, 3.63) is 101 Å². The molecule has 164 valence electrons. The summed E-state index contributed by atoms with van der Waals surface area (Å²) in [5.74, 6) is 1.03. The second-order valence-electron chi connectivity index (χ2n) is 8.06. The van der Waals surface area contributed by atoms with Crippen LogP contribution in [0.1, 0.15) is 51.5 Å². The Morgan fingerprint density at radius 1 is 1.06 bits per heavy atom. The first-order chi connectivity index (χ1) is 15.4. The minimum atomic E-state index is -0.292. The Morgan fingerprint density at radius 2 is 1.78 bits per heavy atom. The van der Waals surface area contributed by atoms with E-state index in [1.165, 1.54) is 0 Å². The molecule has 0 saturated carbocycles. The topological polar surface area (TPSA) is 69.3 Å². The van der Waals surface area contributed by atoms with E-state index in [1.807, 2.05) is 80.2 Å². The summed E-state index contributed by atoms with van der Waals surface area (Å²) in [7, 11) is 0. The maximum Gasteiger partial charge on any atom is 0.274 e. The lowest BCUT2D eigenvalue weighted by Gasteiger charge is -2.15. The number of carbonyl (C=O) groups excluding carboxylic acids is 1. The number of aryl methyl sites for hydroxylation is 3. The molecule has 0 aliphatic heterocycles. The predicted molar refractivity (Wildman–Crippen MR) is 123 cm³/mol. The van der Waals surface area contributed by atoms with Crippen molar-refractivity contribution in [1.82, 2.24) is 15.0 Å². The molecule has 4 aromatic rings. The predicted octanol–water partition coefficient (Wildman–Crippen LogP) is 5.46. The number of hydrogen-bond acceptors (Lipinski definition) is 4. The number of nitrogens with one attached hydrogen (secondary N) is 1.